The van der Waals surface area contributed by atoms with Crippen molar-refractivity contribution in [3.63, 3.8) is 0 Å². The Hall–Kier alpha value is -0.740. The smallest absolute Gasteiger partial charge is 0.164 e. The van der Waals surface area contributed by atoms with Crippen molar-refractivity contribution in [2.24, 2.45) is 5.73 Å². The molecule has 0 saturated heterocycles. The minimum Gasteiger partial charge on any atom is -0.490 e. The molecule has 1 aromatic carbocycles. The topological polar surface area (TPSA) is 44.5 Å². The molecule has 0 aliphatic carbocycles. The maximum atomic E-state index is 5.83. The van der Waals surface area contributed by atoms with E-state index in [0.717, 1.165) is 48.4 Å². The molecule has 0 unspecified atom stereocenters. The van der Waals surface area contributed by atoms with E-state index in [1.165, 1.54) is 11.1 Å². The lowest BCUT2D eigenvalue weighted by molar-refractivity contribution is 0.296. The van der Waals surface area contributed by atoms with Gasteiger partial charge in [-0.25, -0.2) is 0 Å². The highest BCUT2D eigenvalue weighted by molar-refractivity contribution is 9.10. The van der Waals surface area contributed by atoms with Crippen LogP contribution in [0.15, 0.2) is 10.5 Å². The van der Waals surface area contributed by atoms with Crippen molar-refractivity contribution in [2.75, 3.05) is 19.8 Å². The van der Waals surface area contributed by atoms with Crippen molar-refractivity contribution in [3.8, 4) is 11.5 Å². The third-order valence-electron chi connectivity index (χ3n) is 2.95. The molecule has 0 bridgehead atoms. The minimum absolute atomic E-state index is 0.644. The van der Waals surface area contributed by atoms with Crippen molar-refractivity contribution >= 4 is 15.9 Å². The molecule has 4 heteroatoms. The molecule has 17 heavy (non-hydrogen) atoms. The summed E-state index contributed by atoms with van der Waals surface area (Å²) >= 11 is 3.60. The van der Waals surface area contributed by atoms with Gasteiger partial charge in [-0.2, -0.15) is 0 Å². The highest BCUT2D eigenvalue weighted by Gasteiger charge is 2.19. The summed E-state index contributed by atoms with van der Waals surface area (Å²) in [6.45, 7) is 4.23. The lowest BCUT2D eigenvalue weighted by atomic mass is 10.0. The molecule has 0 fully saturated rings. The highest BCUT2D eigenvalue weighted by atomic mass is 79.9. The van der Waals surface area contributed by atoms with E-state index in [4.69, 9.17) is 15.2 Å². The molecule has 94 valence electrons. The Morgan fingerprint density at radius 2 is 2.06 bits per heavy atom. The summed E-state index contributed by atoms with van der Waals surface area (Å²) in [6, 6.07) is 2.00. The predicted molar refractivity (Wildman–Crippen MR) is 71.9 cm³/mol. The van der Waals surface area contributed by atoms with Gasteiger partial charge in [0, 0.05) is 16.5 Å². The average Bonchev–Trinajstić information content (AvgIpc) is 2.55. The van der Waals surface area contributed by atoms with Gasteiger partial charge in [0.1, 0.15) is 0 Å². The lowest BCUT2D eigenvalue weighted by Gasteiger charge is -2.17. The molecular formula is C13H18BrNO2. The summed E-state index contributed by atoms with van der Waals surface area (Å²) in [5, 5.41) is 0. The van der Waals surface area contributed by atoms with Crippen LogP contribution < -0.4 is 15.2 Å². The number of ether oxygens (including phenoxy) is 2. The maximum Gasteiger partial charge on any atom is 0.164 e. The molecule has 3 nitrogen and oxygen atoms in total. The zero-order valence-electron chi connectivity index (χ0n) is 10.1. The van der Waals surface area contributed by atoms with Crippen LogP contribution in [0.25, 0.3) is 0 Å². The monoisotopic (exact) mass is 299 g/mol. The molecule has 2 N–H and O–H groups in total. The standard InChI is InChI=1S/C13H18BrNO2/c1-2-9-10(4-5-15)11(14)8-12-13(9)17-7-3-6-16-12/h8H,2-7,15H2,1H3. The Morgan fingerprint density at radius 1 is 1.29 bits per heavy atom. The van der Waals surface area contributed by atoms with Crippen LogP contribution in [0.3, 0.4) is 0 Å². The molecule has 0 amide bonds. The molecule has 0 atom stereocenters. The molecule has 2 rings (SSSR count). The van der Waals surface area contributed by atoms with Crippen LogP contribution in [0.4, 0.5) is 0 Å². The van der Waals surface area contributed by atoms with E-state index in [0.29, 0.717) is 6.54 Å². The van der Waals surface area contributed by atoms with Gasteiger partial charge in [0.25, 0.3) is 0 Å². The van der Waals surface area contributed by atoms with Crippen molar-refractivity contribution < 1.29 is 9.47 Å². The molecule has 1 aliphatic heterocycles. The van der Waals surface area contributed by atoms with Gasteiger partial charge < -0.3 is 15.2 Å². The van der Waals surface area contributed by atoms with Gasteiger partial charge in [0.15, 0.2) is 11.5 Å². The van der Waals surface area contributed by atoms with Gasteiger partial charge in [-0.05, 0) is 31.0 Å². The first-order valence-electron chi connectivity index (χ1n) is 6.07. The summed E-state index contributed by atoms with van der Waals surface area (Å²) in [5.74, 6) is 1.77. The fraction of sp³-hybridized carbons (Fsp3) is 0.538. The predicted octanol–water partition coefficient (Wildman–Crippen LogP) is 2.67. The Bertz CT molecular complexity index is 407. The second-order valence-electron chi connectivity index (χ2n) is 4.09. The quantitative estimate of drug-likeness (QED) is 0.933. The average molecular weight is 300 g/mol. The number of hydrogen-bond donors (Lipinski definition) is 1. The number of nitrogens with two attached hydrogens (primary N) is 1. The van der Waals surface area contributed by atoms with E-state index in [1.54, 1.807) is 0 Å². The number of fused-ring (bicyclic) bond motifs is 1. The summed E-state index contributed by atoms with van der Waals surface area (Å²) in [6.07, 6.45) is 2.72. The van der Waals surface area contributed by atoms with Crippen LogP contribution in [-0.4, -0.2) is 19.8 Å². The van der Waals surface area contributed by atoms with Gasteiger partial charge in [-0.15, -0.1) is 0 Å². The number of halogens is 1. The van der Waals surface area contributed by atoms with Crippen molar-refractivity contribution in [1.82, 2.24) is 0 Å². The van der Waals surface area contributed by atoms with Crippen molar-refractivity contribution in [2.45, 2.75) is 26.2 Å². The second-order valence-corrected chi connectivity index (χ2v) is 4.94. The van der Waals surface area contributed by atoms with E-state index in [-0.39, 0.29) is 0 Å². The van der Waals surface area contributed by atoms with Crippen molar-refractivity contribution in [3.05, 3.63) is 21.7 Å². The van der Waals surface area contributed by atoms with Gasteiger partial charge in [0.2, 0.25) is 0 Å². The molecule has 0 radical (unpaired) electrons. The zero-order valence-corrected chi connectivity index (χ0v) is 11.7. The Balaban J connectivity index is 2.51. The van der Waals surface area contributed by atoms with Crippen LogP contribution in [-0.2, 0) is 12.8 Å². The Kier molecular flexibility index (Phi) is 4.29. The second kappa shape index (κ2) is 5.74. The molecular weight excluding hydrogens is 282 g/mol. The van der Waals surface area contributed by atoms with Crippen LogP contribution >= 0.6 is 15.9 Å². The fourth-order valence-electron chi connectivity index (χ4n) is 2.17. The number of rotatable bonds is 3. The van der Waals surface area contributed by atoms with Gasteiger partial charge in [0.05, 0.1) is 13.2 Å². The first kappa shape index (κ1) is 12.7. The normalized spacial score (nSPS) is 14.5. The van der Waals surface area contributed by atoms with Crippen LogP contribution in [0, 0.1) is 0 Å². The minimum atomic E-state index is 0.644. The number of benzene rings is 1. The van der Waals surface area contributed by atoms with Crippen LogP contribution in [0.1, 0.15) is 24.5 Å². The third-order valence-corrected chi connectivity index (χ3v) is 3.66. The van der Waals surface area contributed by atoms with Gasteiger partial charge in [-0.3, -0.25) is 0 Å². The largest absolute Gasteiger partial charge is 0.490 e. The maximum absolute atomic E-state index is 5.83. The molecule has 0 saturated carbocycles. The van der Waals surface area contributed by atoms with E-state index >= 15 is 0 Å². The lowest BCUT2D eigenvalue weighted by Crippen LogP contribution is -2.08. The Morgan fingerprint density at radius 3 is 2.76 bits per heavy atom. The van der Waals surface area contributed by atoms with Crippen molar-refractivity contribution in [1.29, 1.82) is 0 Å². The fourth-order valence-corrected chi connectivity index (χ4v) is 2.81. The summed E-state index contributed by atoms with van der Waals surface area (Å²) in [7, 11) is 0. The van der Waals surface area contributed by atoms with E-state index < -0.39 is 0 Å². The summed E-state index contributed by atoms with van der Waals surface area (Å²) in [4.78, 5) is 0. The zero-order chi connectivity index (χ0) is 12.3. The summed E-state index contributed by atoms with van der Waals surface area (Å²) in [5.41, 5.74) is 8.14. The Labute approximate surface area is 110 Å². The highest BCUT2D eigenvalue weighted by Crippen LogP contribution is 2.40. The van der Waals surface area contributed by atoms with Crippen LogP contribution in [0.5, 0.6) is 11.5 Å². The third kappa shape index (κ3) is 2.58. The molecule has 0 spiro atoms. The SMILES string of the molecule is CCc1c(CCN)c(Br)cc2c1OCCCO2. The van der Waals surface area contributed by atoms with E-state index in [9.17, 15) is 0 Å². The first-order chi connectivity index (χ1) is 8.27. The van der Waals surface area contributed by atoms with E-state index in [1.807, 2.05) is 6.07 Å². The molecule has 0 aromatic heterocycles. The van der Waals surface area contributed by atoms with Gasteiger partial charge >= 0.3 is 0 Å². The molecule has 1 aromatic rings. The first-order valence-corrected chi connectivity index (χ1v) is 6.87. The summed E-state index contributed by atoms with van der Waals surface area (Å²) < 4.78 is 12.6. The van der Waals surface area contributed by atoms with Gasteiger partial charge in [-0.1, -0.05) is 22.9 Å². The number of hydrogen-bond acceptors (Lipinski definition) is 3. The van der Waals surface area contributed by atoms with Crippen LogP contribution in [0.2, 0.25) is 0 Å². The van der Waals surface area contributed by atoms with E-state index in [2.05, 4.69) is 22.9 Å². The molecule has 1 aliphatic rings. The molecule has 1 heterocycles.